The largest absolute Gasteiger partial charge is 0.356 e. The van der Waals surface area contributed by atoms with Crippen LogP contribution < -0.4 is 4.90 Å². The van der Waals surface area contributed by atoms with Gasteiger partial charge in [-0.1, -0.05) is 6.07 Å². The first-order valence-corrected chi connectivity index (χ1v) is 8.88. The highest BCUT2D eigenvalue weighted by atomic mass is 15.2. The lowest BCUT2D eigenvalue weighted by atomic mass is 9.97. The van der Waals surface area contributed by atoms with E-state index >= 15 is 0 Å². The predicted octanol–water partition coefficient (Wildman–Crippen LogP) is 3.41. The Kier molecular flexibility index (Phi) is 4.46. The second-order valence-electron chi connectivity index (χ2n) is 6.71. The Labute approximate surface area is 148 Å². The van der Waals surface area contributed by atoms with Gasteiger partial charge >= 0.3 is 0 Å². The van der Waals surface area contributed by atoms with Gasteiger partial charge in [0.25, 0.3) is 0 Å². The van der Waals surface area contributed by atoms with Crippen molar-refractivity contribution in [3.05, 3.63) is 72.2 Å². The molecule has 0 amide bonds. The van der Waals surface area contributed by atoms with Crippen molar-refractivity contribution in [2.75, 3.05) is 18.0 Å². The van der Waals surface area contributed by atoms with Crippen molar-refractivity contribution in [2.24, 2.45) is 0 Å². The van der Waals surface area contributed by atoms with Crippen molar-refractivity contribution in [3.63, 3.8) is 0 Å². The van der Waals surface area contributed by atoms with Crippen LogP contribution in [0.4, 0.5) is 5.82 Å². The van der Waals surface area contributed by atoms with Crippen molar-refractivity contribution >= 4 is 5.82 Å². The molecule has 5 heteroatoms. The molecule has 3 aromatic rings. The number of pyridine rings is 2. The van der Waals surface area contributed by atoms with Crippen LogP contribution in [0.25, 0.3) is 0 Å². The van der Waals surface area contributed by atoms with E-state index in [1.807, 2.05) is 36.8 Å². The Hall–Kier alpha value is -2.69. The van der Waals surface area contributed by atoms with Crippen LogP contribution in [-0.4, -0.2) is 32.6 Å². The van der Waals surface area contributed by atoms with Crippen LogP contribution in [0, 0.1) is 6.92 Å². The van der Waals surface area contributed by atoms with Gasteiger partial charge in [-0.3, -0.25) is 4.98 Å². The third-order valence-electron chi connectivity index (χ3n) is 4.82. The average Bonchev–Trinajstić information content (AvgIpc) is 3.11. The number of hydrogen-bond donors (Lipinski definition) is 0. The minimum absolute atomic E-state index is 0.426. The quantitative estimate of drug-likeness (QED) is 0.734. The maximum Gasteiger partial charge on any atom is 0.128 e. The molecular weight excluding hydrogens is 310 g/mol. The Balaban J connectivity index is 1.53. The van der Waals surface area contributed by atoms with Crippen molar-refractivity contribution in [3.8, 4) is 0 Å². The summed E-state index contributed by atoms with van der Waals surface area (Å²) in [5.74, 6) is 2.66. The molecule has 0 radical (unpaired) electrons. The van der Waals surface area contributed by atoms with Gasteiger partial charge in [-0.25, -0.2) is 9.97 Å². The molecule has 1 atom stereocenters. The van der Waals surface area contributed by atoms with E-state index in [1.165, 1.54) is 12.0 Å². The van der Waals surface area contributed by atoms with Crippen molar-refractivity contribution in [1.29, 1.82) is 0 Å². The first-order valence-electron chi connectivity index (χ1n) is 8.88. The van der Waals surface area contributed by atoms with Gasteiger partial charge in [0.1, 0.15) is 11.6 Å². The average molecular weight is 333 g/mol. The van der Waals surface area contributed by atoms with E-state index in [2.05, 4.69) is 49.7 Å². The van der Waals surface area contributed by atoms with Crippen LogP contribution in [0.3, 0.4) is 0 Å². The molecule has 4 rings (SSSR count). The van der Waals surface area contributed by atoms with Crippen LogP contribution in [0.2, 0.25) is 0 Å². The molecule has 1 saturated heterocycles. The lowest BCUT2D eigenvalue weighted by Gasteiger charge is -2.33. The maximum absolute atomic E-state index is 4.67. The third kappa shape index (κ3) is 3.55. The highest BCUT2D eigenvalue weighted by Crippen LogP contribution is 2.28. The molecule has 0 aromatic carbocycles. The van der Waals surface area contributed by atoms with E-state index in [0.29, 0.717) is 5.92 Å². The molecule has 1 aliphatic heterocycles. The zero-order chi connectivity index (χ0) is 17.1. The molecule has 4 heterocycles. The van der Waals surface area contributed by atoms with Gasteiger partial charge in [-0.05, 0) is 49.6 Å². The first-order chi connectivity index (χ1) is 12.3. The second kappa shape index (κ2) is 7.05. The monoisotopic (exact) mass is 333 g/mol. The van der Waals surface area contributed by atoms with Crippen LogP contribution in [0.1, 0.15) is 35.8 Å². The fourth-order valence-electron chi connectivity index (χ4n) is 3.57. The minimum Gasteiger partial charge on any atom is -0.356 e. The molecule has 128 valence electrons. The number of anilines is 1. The fraction of sp³-hybridized carbons (Fsp3) is 0.350. The summed E-state index contributed by atoms with van der Waals surface area (Å²) >= 11 is 0. The van der Waals surface area contributed by atoms with Crippen LogP contribution in [0.5, 0.6) is 0 Å². The number of piperidine rings is 1. The summed E-state index contributed by atoms with van der Waals surface area (Å²) in [6, 6.07) is 10.3. The summed E-state index contributed by atoms with van der Waals surface area (Å²) in [4.78, 5) is 16.1. The van der Waals surface area contributed by atoms with Gasteiger partial charge in [0.15, 0.2) is 0 Å². The first kappa shape index (κ1) is 15.8. The van der Waals surface area contributed by atoms with E-state index in [-0.39, 0.29) is 0 Å². The Bertz CT molecular complexity index is 827. The maximum atomic E-state index is 4.67. The zero-order valence-electron chi connectivity index (χ0n) is 14.5. The van der Waals surface area contributed by atoms with Gasteiger partial charge < -0.3 is 9.47 Å². The number of imidazole rings is 1. The molecule has 0 saturated carbocycles. The predicted molar refractivity (Wildman–Crippen MR) is 98.7 cm³/mol. The second-order valence-corrected chi connectivity index (χ2v) is 6.71. The highest BCUT2D eigenvalue weighted by Gasteiger charge is 2.25. The number of hydrogen-bond acceptors (Lipinski definition) is 4. The molecule has 0 aliphatic carbocycles. The fourth-order valence-corrected chi connectivity index (χ4v) is 3.57. The van der Waals surface area contributed by atoms with E-state index in [4.69, 9.17) is 0 Å². The lowest BCUT2D eigenvalue weighted by molar-refractivity contribution is 0.473. The molecule has 0 unspecified atom stereocenters. The number of aryl methyl sites for hydroxylation is 1. The molecule has 0 N–H and O–H groups in total. The van der Waals surface area contributed by atoms with E-state index in [1.54, 1.807) is 0 Å². The third-order valence-corrected chi connectivity index (χ3v) is 4.82. The van der Waals surface area contributed by atoms with E-state index in [0.717, 1.165) is 43.4 Å². The number of aromatic nitrogens is 4. The molecule has 5 nitrogen and oxygen atoms in total. The van der Waals surface area contributed by atoms with Gasteiger partial charge in [0, 0.05) is 43.8 Å². The topological polar surface area (TPSA) is 46.8 Å². The van der Waals surface area contributed by atoms with Crippen molar-refractivity contribution in [2.45, 2.75) is 32.2 Å². The van der Waals surface area contributed by atoms with Crippen LogP contribution in [-0.2, 0) is 6.54 Å². The Morgan fingerprint density at radius 1 is 1.08 bits per heavy atom. The summed E-state index contributed by atoms with van der Waals surface area (Å²) in [5.41, 5.74) is 2.32. The van der Waals surface area contributed by atoms with Gasteiger partial charge in [0.05, 0.1) is 12.2 Å². The van der Waals surface area contributed by atoms with Gasteiger partial charge in [0.2, 0.25) is 0 Å². The summed E-state index contributed by atoms with van der Waals surface area (Å²) in [5, 5.41) is 0. The number of nitrogens with zero attached hydrogens (tertiary/aromatic N) is 5. The molecular formula is C20H23N5. The minimum atomic E-state index is 0.426. The molecule has 1 fully saturated rings. The summed E-state index contributed by atoms with van der Waals surface area (Å²) in [7, 11) is 0. The van der Waals surface area contributed by atoms with E-state index < -0.39 is 0 Å². The lowest BCUT2D eigenvalue weighted by Crippen LogP contribution is -2.36. The standard InChI is InChI=1S/C20H23N5/c1-16-7-9-22-19(13-16)24-11-4-5-17(14-24)20-23-10-12-25(20)15-18-6-2-3-8-21-18/h2-3,6-10,12-13,17H,4-5,11,14-15H2,1H3/t17-/m1/s1. The highest BCUT2D eigenvalue weighted by molar-refractivity contribution is 5.41. The smallest absolute Gasteiger partial charge is 0.128 e. The van der Waals surface area contributed by atoms with E-state index in [9.17, 15) is 0 Å². The van der Waals surface area contributed by atoms with Crippen molar-refractivity contribution in [1.82, 2.24) is 19.5 Å². The number of rotatable bonds is 4. The molecule has 3 aromatic heterocycles. The molecule has 1 aliphatic rings. The molecule has 0 spiro atoms. The van der Waals surface area contributed by atoms with Gasteiger partial charge in [-0.15, -0.1) is 0 Å². The van der Waals surface area contributed by atoms with Crippen molar-refractivity contribution < 1.29 is 0 Å². The van der Waals surface area contributed by atoms with Crippen LogP contribution >= 0.6 is 0 Å². The summed E-state index contributed by atoms with van der Waals surface area (Å²) < 4.78 is 2.24. The SMILES string of the molecule is Cc1ccnc(N2CCC[C@@H](c3nccn3Cc3ccccn3)C2)c1. The van der Waals surface area contributed by atoms with Gasteiger partial charge in [-0.2, -0.15) is 0 Å². The normalized spacial score (nSPS) is 17.6. The molecule has 0 bridgehead atoms. The molecule has 25 heavy (non-hydrogen) atoms. The summed E-state index contributed by atoms with van der Waals surface area (Å²) in [6.45, 7) is 4.92. The zero-order valence-corrected chi connectivity index (χ0v) is 14.5. The summed E-state index contributed by atoms with van der Waals surface area (Å²) in [6.07, 6.45) is 10.0. The Morgan fingerprint density at radius 2 is 2.04 bits per heavy atom. The van der Waals surface area contributed by atoms with Crippen LogP contribution in [0.15, 0.2) is 55.1 Å². The Morgan fingerprint density at radius 3 is 2.88 bits per heavy atom.